The minimum absolute atomic E-state index is 0.728. The summed E-state index contributed by atoms with van der Waals surface area (Å²) >= 11 is 0. The van der Waals surface area contributed by atoms with Crippen molar-refractivity contribution in [2.24, 2.45) is 11.8 Å². The number of hydrogen-bond donors (Lipinski definition) is 1. The summed E-state index contributed by atoms with van der Waals surface area (Å²) in [5.41, 5.74) is 5.40. The molecule has 2 heteroatoms. The van der Waals surface area contributed by atoms with Crippen molar-refractivity contribution in [3.8, 4) is 0 Å². The fourth-order valence-electron chi connectivity index (χ4n) is 3.31. The number of hydrogen-bond acceptors (Lipinski definition) is 2. The zero-order chi connectivity index (χ0) is 14.7. The predicted octanol–water partition coefficient (Wildman–Crippen LogP) is 4.47. The zero-order valence-corrected chi connectivity index (χ0v) is 13.5. The van der Waals surface area contributed by atoms with Crippen LogP contribution in [0.4, 0.5) is 11.4 Å². The third kappa shape index (κ3) is 3.78. The monoisotopic (exact) mass is 272 g/mol. The van der Waals surface area contributed by atoms with E-state index in [1.807, 2.05) is 0 Å². The van der Waals surface area contributed by atoms with Gasteiger partial charge in [-0.15, -0.1) is 0 Å². The Morgan fingerprint density at radius 3 is 2.65 bits per heavy atom. The van der Waals surface area contributed by atoms with Gasteiger partial charge in [-0.25, -0.2) is 0 Å². The van der Waals surface area contributed by atoms with Crippen LogP contribution in [0.5, 0.6) is 0 Å². The van der Waals surface area contributed by atoms with Crippen LogP contribution in [0.15, 0.2) is 29.8 Å². The molecule has 1 N–H and O–H groups in total. The van der Waals surface area contributed by atoms with Crippen molar-refractivity contribution in [2.75, 3.05) is 30.9 Å². The van der Waals surface area contributed by atoms with Crippen LogP contribution in [0, 0.1) is 18.8 Å². The molecule has 1 aliphatic carbocycles. The second kappa shape index (κ2) is 6.34. The Labute approximate surface area is 123 Å². The first-order valence-corrected chi connectivity index (χ1v) is 7.65. The van der Waals surface area contributed by atoms with Crippen LogP contribution in [0.1, 0.15) is 32.3 Å². The number of benzene rings is 1. The molecule has 0 aliphatic heterocycles. The van der Waals surface area contributed by atoms with Crippen LogP contribution in [-0.2, 0) is 0 Å². The molecule has 0 amide bonds. The SMILES string of the molecule is CC1=CC(C)CC(CNc2ccc(C)c(N(C)C)c2)C1. The van der Waals surface area contributed by atoms with Gasteiger partial charge in [0.05, 0.1) is 0 Å². The number of anilines is 2. The lowest BCUT2D eigenvalue weighted by molar-refractivity contribution is 0.421. The van der Waals surface area contributed by atoms with E-state index in [0.717, 1.165) is 18.4 Å². The average molecular weight is 272 g/mol. The molecular formula is C18H28N2. The first-order chi connectivity index (χ1) is 9.45. The smallest absolute Gasteiger partial charge is 0.0411 e. The Morgan fingerprint density at radius 1 is 1.25 bits per heavy atom. The lowest BCUT2D eigenvalue weighted by Gasteiger charge is -2.26. The van der Waals surface area contributed by atoms with Gasteiger partial charge in [0, 0.05) is 32.0 Å². The Bertz CT molecular complexity index is 488. The molecular weight excluding hydrogens is 244 g/mol. The highest BCUT2D eigenvalue weighted by Gasteiger charge is 2.17. The van der Waals surface area contributed by atoms with E-state index in [1.54, 1.807) is 5.57 Å². The molecule has 0 saturated carbocycles. The van der Waals surface area contributed by atoms with Gasteiger partial charge in [-0.05, 0) is 56.2 Å². The molecule has 110 valence electrons. The number of aryl methyl sites for hydroxylation is 1. The van der Waals surface area contributed by atoms with Crippen LogP contribution in [0.2, 0.25) is 0 Å². The van der Waals surface area contributed by atoms with E-state index in [2.05, 4.69) is 69.4 Å². The molecule has 20 heavy (non-hydrogen) atoms. The van der Waals surface area contributed by atoms with Crippen molar-refractivity contribution in [2.45, 2.75) is 33.6 Å². The molecule has 0 heterocycles. The highest BCUT2D eigenvalue weighted by Crippen LogP contribution is 2.29. The number of nitrogens with zero attached hydrogens (tertiary/aromatic N) is 1. The first-order valence-electron chi connectivity index (χ1n) is 7.65. The number of allylic oxidation sites excluding steroid dienone is 2. The molecule has 0 spiro atoms. The molecule has 0 radical (unpaired) electrons. The summed E-state index contributed by atoms with van der Waals surface area (Å²) in [5.74, 6) is 1.49. The minimum Gasteiger partial charge on any atom is -0.385 e. The van der Waals surface area contributed by atoms with E-state index in [9.17, 15) is 0 Å². The summed E-state index contributed by atoms with van der Waals surface area (Å²) < 4.78 is 0. The van der Waals surface area contributed by atoms with Crippen molar-refractivity contribution in [1.82, 2.24) is 0 Å². The van der Waals surface area contributed by atoms with Crippen molar-refractivity contribution in [3.05, 3.63) is 35.4 Å². The average Bonchev–Trinajstić information content (AvgIpc) is 2.36. The van der Waals surface area contributed by atoms with Gasteiger partial charge in [-0.2, -0.15) is 0 Å². The third-order valence-electron chi connectivity index (χ3n) is 4.17. The molecule has 2 unspecified atom stereocenters. The maximum Gasteiger partial charge on any atom is 0.0411 e. The van der Waals surface area contributed by atoms with Crippen LogP contribution in [0.3, 0.4) is 0 Å². The standard InChI is InChI=1S/C18H28N2/c1-13-8-14(2)10-16(9-13)12-19-17-7-6-15(3)18(11-17)20(4)5/h6-8,11,13,16,19H,9-10,12H2,1-5H3. The van der Waals surface area contributed by atoms with E-state index in [-0.39, 0.29) is 0 Å². The Morgan fingerprint density at radius 2 is 2.00 bits per heavy atom. The van der Waals surface area contributed by atoms with E-state index < -0.39 is 0 Å². The largest absolute Gasteiger partial charge is 0.385 e. The lowest BCUT2D eigenvalue weighted by atomic mass is 9.84. The van der Waals surface area contributed by atoms with Gasteiger partial charge in [0.15, 0.2) is 0 Å². The van der Waals surface area contributed by atoms with Crippen LogP contribution in [-0.4, -0.2) is 20.6 Å². The molecule has 2 atom stereocenters. The predicted molar refractivity (Wildman–Crippen MR) is 89.6 cm³/mol. The molecule has 0 bridgehead atoms. The molecule has 1 aromatic rings. The summed E-state index contributed by atoms with van der Waals surface area (Å²) in [4.78, 5) is 2.18. The zero-order valence-electron chi connectivity index (χ0n) is 13.5. The van der Waals surface area contributed by atoms with Gasteiger partial charge < -0.3 is 10.2 Å². The summed E-state index contributed by atoms with van der Waals surface area (Å²) in [5, 5.41) is 3.62. The van der Waals surface area contributed by atoms with Crippen molar-refractivity contribution < 1.29 is 0 Å². The Hall–Kier alpha value is -1.44. The molecule has 1 aliphatic rings. The second-order valence-electron chi connectivity index (χ2n) is 6.57. The fraction of sp³-hybridized carbons (Fsp3) is 0.556. The summed E-state index contributed by atoms with van der Waals surface area (Å²) in [6.45, 7) is 7.83. The quantitative estimate of drug-likeness (QED) is 0.814. The highest BCUT2D eigenvalue weighted by atomic mass is 15.1. The van der Waals surface area contributed by atoms with E-state index in [4.69, 9.17) is 0 Å². The molecule has 0 saturated heterocycles. The highest BCUT2D eigenvalue weighted by molar-refractivity contribution is 5.61. The third-order valence-corrected chi connectivity index (χ3v) is 4.17. The van der Waals surface area contributed by atoms with Gasteiger partial charge in [-0.1, -0.05) is 24.6 Å². The molecule has 0 aromatic heterocycles. The summed E-state index contributed by atoms with van der Waals surface area (Å²) in [6, 6.07) is 6.65. The fourth-order valence-corrected chi connectivity index (χ4v) is 3.31. The molecule has 1 aromatic carbocycles. The van der Waals surface area contributed by atoms with Crippen molar-refractivity contribution in [3.63, 3.8) is 0 Å². The first kappa shape index (κ1) is 15.0. The van der Waals surface area contributed by atoms with Gasteiger partial charge in [0.1, 0.15) is 0 Å². The van der Waals surface area contributed by atoms with E-state index >= 15 is 0 Å². The lowest BCUT2D eigenvalue weighted by Crippen LogP contribution is -2.20. The van der Waals surface area contributed by atoms with Gasteiger partial charge in [-0.3, -0.25) is 0 Å². The van der Waals surface area contributed by atoms with Crippen LogP contribution < -0.4 is 10.2 Å². The van der Waals surface area contributed by atoms with Gasteiger partial charge in [0.2, 0.25) is 0 Å². The van der Waals surface area contributed by atoms with Crippen molar-refractivity contribution in [1.29, 1.82) is 0 Å². The Balaban J connectivity index is 1.98. The maximum atomic E-state index is 3.62. The normalized spacial score (nSPS) is 22.4. The summed E-state index contributed by atoms with van der Waals surface area (Å²) in [6.07, 6.45) is 4.97. The number of rotatable bonds is 4. The summed E-state index contributed by atoms with van der Waals surface area (Å²) in [7, 11) is 4.20. The van der Waals surface area contributed by atoms with Gasteiger partial charge in [0.25, 0.3) is 0 Å². The van der Waals surface area contributed by atoms with Gasteiger partial charge >= 0.3 is 0 Å². The Kier molecular flexibility index (Phi) is 4.74. The number of nitrogens with one attached hydrogen (secondary N) is 1. The minimum atomic E-state index is 0.728. The molecule has 0 fully saturated rings. The molecule has 2 rings (SSSR count). The van der Waals surface area contributed by atoms with Crippen LogP contribution >= 0.6 is 0 Å². The molecule has 2 nitrogen and oxygen atoms in total. The topological polar surface area (TPSA) is 15.3 Å². The van der Waals surface area contributed by atoms with E-state index in [0.29, 0.717) is 0 Å². The van der Waals surface area contributed by atoms with E-state index in [1.165, 1.54) is 29.8 Å². The van der Waals surface area contributed by atoms with Crippen molar-refractivity contribution >= 4 is 11.4 Å². The second-order valence-corrected chi connectivity index (χ2v) is 6.57. The van der Waals surface area contributed by atoms with Crippen LogP contribution in [0.25, 0.3) is 0 Å². The maximum absolute atomic E-state index is 3.62.